The number of para-hydroxylation sites is 13. The molecule has 0 saturated carbocycles. The van der Waals surface area contributed by atoms with Gasteiger partial charge in [-0.05, 0) is 226 Å². The Bertz CT molecular complexity index is 7740. The summed E-state index contributed by atoms with van der Waals surface area (Å²) in [6.07, 6.45) is 19.2. The van der Waals surface area contributed by atoms with Crippen LogP contribution in [0.4, 0.5) is 51.3 Å². The third-order valence-electron chi connectivity index (χ3n) is 25.4. The Morgan fingerprint density at radius 3 is 1.22 bits per heavy atom. The fourth-order valence-electron chi connectivity index (χ4n) is 18.6. The molecule has 14 aromatic carbocycles. The van der Waals surface area contributed by atoms with Crippen LogP contribution in [0.3, 0.4) is 0 Å². The molecule has 4 aliphatic rings. The number of aromatic nitrogens is 6. The second-order valence-electron chi connectivity index (χ2n) is 34.5. The first-order valence-electron chi connectivity index (χ1n) is 46.3. The van der Waals surface area contributed by atoms with E-state index in [2.05, 4.69) is 263 Å². The van der Waals surface area contributed by atoms with Crippen molar-refractivity contribution in [3.63, 3.8) is 0 Å². The van der Waals surface area contributed by atoms with Gasteiger partial charge in [0.25, 0.3) is 0 Å². The van der Waals surface area contributed by atoms with Gasteiger partial charge in [-0.1, -0.05) is 217 Å². The second kappa shape index (κ2) is 45.3. The number of nitrogens with zero attached hydrogens (tertiary/aromatic N) is 15. The van der Waals surface area contributed by atoms with Gasteiger partial charge in [0.1, 0.15) is 40.5 Å². The first kappa shape index (κ1) is 100. The van der Waals surface area contributed by atoms with E-state index >= 15 is 0 Å². The molecule has 0 saturated heterocycles. The van der Waals surface area contributed by atoms with Crippen molar-refractivity contribution in [2.24, 2.45) is 0 Å². The van der Waals surface area contributed by atoms with Gasteiger partial charge in [0.2, 0.25) is 0 Å². The molecule has 718 valence electrons. The molecule has 144 heavy (non-hydrogen) atoms. The number of phenolic OH excluding ortho intramolecular Hbond substituents is 4. The van der Waals surface area contributed by atoms with Crippen molar-refractivity contribution in [2.45, 2.75) is 44.4 Å². The Hall–Kier alpha value is -15.3. The van der Waals surface area contributed by atoms with Crippen LogP contribution in [0.25, 0.3) is 55.2 Å². The second-order valence-corrected chi connectivity index (χ2v) is 34.5. The fourth-order valence-corrected chi connectivity index (χ4v) is 18.6. The summed E-state index contributed by atoms with van der Waals surface area (Å²) in [6, 6.07) is 146. The van der Waals surface area contributed by atoms with Crippen molar-refractivity contribution in [3.05, 3.63) is 552 Å². The van der Waals surface area contributed by atoms with E-state index in [0.29, 0.717) is 19.6 Å². The SMILES string of the molecule is CC(C)(c1[c-]c(C(c2ccccc2)(c2ccccc2)c2ccccn2)ccc1)N1C=CN(c2ccccc2O)[CH-]1.Oc1ccccc1N1C=CN(Cc2[c-]c(N(c3ccccc3)c3ccccn3)ccc2)[CH-]1.Oc1ccccc1N1C=CN(Cc2[c-]c3c(cc2)c2ccccc2n3-c2ccccn2)[CH-]1.Oc1ccccc1N1[CH-]N(Cc2[c-]c3c(cc2)c2ccccc2n3-c2ccccn2)c2ccccc21.[Pt+2].[Pt+2].[Pt+2].[Pt+2]. The van der Waals surface area contributed by atoms with Crippen LogP contribution in [0.1, 0.15) is 58.5 Å². The maximum Gasteiger partial charge on any atom is 2.00 e. The van der Waals surface area contributed by atoms with Crippen LogP contribution in [-0.2, 0) is 115 Å². The number of aromatic hydroxyl groups is 4. The van der Waals surface area contributed by atoms with Crippen LogP contribution in [0.15, 0.2) is 456 Å². The molecule has 4 N–H and O–H groups in total. The number of benzene rings is 14. The van der Waals surface area contributed by atoms with Crippen molar-refractivity contribution in [3.8, 4) is 34.6 Å². The number of fused-ring (bicyclic) bond motifs is 7. The van der Waals surface area contributed by atoms with E-state index in [1.165, 1.54) is 10.8 Å². The maximum atomic E-state index is 10.5. The molecule has 0 fully saturated rings. The summed E-state index contributed by atoms with van der Waals surface area (Å²) in [4.78, 5) is 37.1. The van der Waals surface area contributed by atoms with Gasteiger partial charge in [0, 0.05) is 58.4 Å². The average Bonchev–Trinajstić information content (AvgIpc) is 1.13. The average molecular weight is 2600 g/mol. The Morgan fingerprint density at radius 1 is 0.306 bits per heavy atom. The molecule has 24 rings (SSSR count). The molecule has 20 aromatic rings. The molecule has 0 unspecified atom stereocenters. The molecule has 0 atom stereocenters. The first-order chi connectivity index (χ1) is 68.8. The zero-order valence-corrected chi connectivity index (χ0v) is 87.1. The van der Waals surface area contributed by atoms with E-state index in [1.54, 1.807) is 30.5 Å². The van der Waals surface area contributed by atoms with E-state index in [0.717, 1.165) is 140 Å². The summed E-state index contributed by atoms with van der Waals surface area (Å²) in [6.45, 7) is 14.3. The summed E-state index contributed by atoms with van der Waals surface area (Å²) in [5, 5.41) is 45.9. The van der Waals surface area contributed by atoms with E-state index in [9.17, 15) is 20.4 Å². The van der Waals surface area contributed by atoms with E-state index in [1.807, 2.05) is 296 Å². The molecular formula is C121H95N15O4Pt4. The Balaban J connectivity index is 0.000000131. The summed E-state index contributed by atoms with van der Waals surface area (Å²) < 4.78 is 4.36. The minimum absolute atomic E-state index is 0. The van der Waals surface area contributed by atoms with Gasteiger partial charge >= 0.3 is 84.3 Å². The molecule has 10 heterocycles. The Labute approximate surface area is 895 Å². The van der Waals surface area contributed by atoms with Gasteiger partial charge in [-0.25, -0.2) is 15.0 Å². The zero-order valence-electron chi connectivity index (χ0n) is 78.0. The van der Waals surface area contributed by atoms with Crippen LogP contribution in [0.5, 0.6) is 23.0 Å². The van der Waals surface area contributed by atoms with Crippen LogP contribution in [-0.4, -0.2) is 64.2 Å². The molecule has 6 aromatic heterocycles. The number of rotatable bonds is 21. The molecule has 0 aliphatic carbocycles. The van der Waals surface area contributed by atoms with Gasteiger partial charge < -0.3 is 73.7 Å². The number of phenols is 4. The van der Waals surface area contributed by atoms with Crippen molar-refractivity contribution in [1.29, 1.82) is 0 Å². The van der Waals surface area contributed by atoms with Gasteiger partial charge in [-0.15, -0.1) is 51.3 Å². The zero-order chi connectivity index (χ0) is 94.9. The van der Waals surface area contributed by atoms with Crippen molar-refractivity contribution < 1.29 is 105 Å². The molecule has 0 bridgehead atoms. The number of hydrogen-bond donors (Lipinski definition) is 4. The minimum atomic E-state index is -0.664. The summed E-state index contributed by atoms with van der Waals surface area (Å²) in [5.74, 6) is 3.58. The molecule has 0 radical (unpaired) electrons. The molecule has 0 spiro atoms. The van der Waals surface area contributed by atoms with E-state index in [-0.39, 0.29) is 107 Å². The van der Waals surface area contributed by atoms with Gasteiger partial charge in [0.15, 0.2) is 0 Å². The molecule has 0 amide bonds. The summed E-state index contributed by atoms with van der Waals surface area (Å²) in [5.41, 5.74) is 18.6. The molecule has 23 heteroatoms. The quantitative estimate of drug-likeness (QED) is 0.0395. The number of pyridine rings is 4. The maximum absolute atomic E-state index is 10.5. The summed E-state index contributed by atoms with van der Waals surface area (Å²) >= 11 is 0. The van der Waals surface area contributed by atoms with Crippen molar-refractivity contribution in [1.82, 2.24) is 43.8 Å². The molecular weight excluding hydrogens is 2510 g/mol. The standard InChI is InChI=1S/C36H31N3O.C31H22N4O.C27H20N4O.C27H22N4O.4Pt/c1-35(2,39-25-24-38(27-39)32-20-9-10-21-33(32)40)30-18-13-19-31(26-30)36(28-14-5-3-6-15-28,29-16-7-4-8-17-29)34-22-11-12-23-37-34;36-30-14-6-5-13-28(30)34-21-33(26-11-3-4-12-27(26)34)20-22-16-17-24-23-9-1-2-10-25(23)35(29(24)19-22)31-15-7-8-18-32-31;32-26-10-4-3-9-24(26)30-16-15-29(19-30)18-20-12-13-22-21-7-1-2-8-23(21)31(25(22)17-20)27-11-5-6-14-28-27;32-26-14-5-4-13-25(26)30-18-17-29(21-30)20-22-9-8-12-24(19-22)31(23-10-2-1-3-11-23)27-15-6-7-16-28-27;;;;/h3-25,27,40H,1-2H3;1-18,21,36H,20H2;1-16,19,32H,18H2;1-18,21,32H,20H2;;;;/q4*-2;4*+2. The fraction of sp³-hybridized carbons (Fsp3) is 0.0579. The van der Waals surface area contributed by atoms with Crippen LogP contribution < -0.4 is 29.4 Å². The van der Waals surface area contributed by atoms with Crippen molar-refractivity contribution >= 4 is 94.9 Å². The molecule has 4 aliphatic heterocycles. The third kappa shape index (κ3) is 20.7. The monoisotopic (exact) mass is 2600 g/mol. The smallest absolute Gasteiger partial charge is 0.506 e. The van der Waals surface area contributed by atoms with E-state index < -0.39 is 11.0 Å². The number of hydrogen-bond acceptors (Lipinski definition) is 17. The Morgan fingerprint density at radius 2 is 0.722 bits per heavy atom. The van der Waals surface area contributed by atoms with E-state index in [4.69, 9.17) is 4.98 Å². The summed E-state index contributed by atoms with van der Waals surface area (Å²) in [7, 11) is 0. The van der Waals surface area contributed by atoms with Gasteiger partial charge in [-0.3, -0.25) is 4.98 Å². The van der Waals surface area contributed by atoms with Gasteiger partial charge in [0.05, 0.1) is 33.9 Å². The van der Waals surface area contributed by atoms with Crippen LogP contribution in [0.2, 0.25) is 0 Å². The largest absolute Gasteiger partial charge is 2.00 e. The normalized spacial score (nSPS) is 12.9. The number of anilines is 9. The van der Waals surface area contributed by atoms with Crippen molar-refractivity contribution in [2.75, 3.05) is 29.4 Å². The minimum Gasteiger partial charge on any atom is -0.506 e. The predicted octanol–water partition coefficient (Wildman–Crippen LogP) is 26.1. The topological polar surface area (TPSA) is 172 Å². The van der Waals surface area contributed by atoms with Crippen LogP contribution >= 0.6 is 0 Å². The first-order valence-corrected chi connectivity index (χ1v) is 46.3. The predicted molar refractivity (Wildman–Crippen MR) is 559 cm³/mol. The van der Waals surface area contributed by atoms with Gasteiger partial charge in [-0.2, -0.15) is 98.9 Å². The molecule has 19 nitrogen and oxygen atoms in total. The third-order valence-corrected chi connectivity index (χ3v) is 25.4. The Kier molecular flexibility index (Phi) is 31.5. The van der Waals surface area contributed by atoms with Crippen LogP contribution in [0, 0.1) is 50.9 Å².